The fourth-order valence-corrected chi connectivity index (χ4v) is 5.11. The molecule has 1 saturated heterocycles. The number of fused-ring (bicyclic) bond motifs is 3. The quantitative estimate of drug-likeness (QED) is 0.711. The van der Waals surface area contributed by atoms with Crippen LogP contribution in [0, 0.1) is 5.92 Å². The van der Waals surface area contributed by atoms with Crippen LogP contribution in [0.5, 0.6) is 0 Å². The van der Waals surface area contributed by atoms with Gasteiger partial charge in [0.15, 0.2) is 0 Å². The summed E-state index contributed by atoms with van der Waals surface area (Å²) in [6.45, 7) is 5.31. The van der Waals surface area contributed by atoms with Crippen LogP contribution in [0.4, 0.5) is 0 Å². The molecule has 0 aromatic heterocycles. The molecule has 2 atom stereocenters. The average Bonchev–Trinajstić information content (AvgIpc) is 3.20. The van der Waals surface area contributed by atoms with Gasteiger partial charge in [0.05, 0.1) is 5.56 Å². The minimum absolute atomic E-state index is 0.0440. The number of ether oxygens (including phenoxy) is 1. The highest BCUT2D eigenvalue weighted by atomic mass is 16.6. The summed E-state index contributed by atoms with van der Waals surface area (Å²) in [7, 11) is 0. The zero-order chi connectivity index (χ0) is 19.5. The number of likely N-dealkylation sites (tertiary alicyclic amines) is 1. The Labute approximate surface area is 164 Å². The lowest BCUT2D eigenvalue weighted by Crippen LogP contribution is -2.51. The van der Waals surface area contributed by atoms with Crippen molar-refractivity contribution in [2.45, 2.75) is 32.3 Å². The molecule has 1 fully saturated rings. The van der Waals surface area contributed by atoms with E-state index in [1.165, 1.54) is 11.1 Å². The largest absolute Gasteiger partial charge is 0.450 e. The second-order valence-electron chi connectivity index (χ2n) is 8.16. The summed E-state index contributed by atoms with van der Waals surface area (Å²) >= 11 is 0. The summed E-state index contributed by atoms with van der Waals surface area (Å²) in [5.41, 5.74) is 5.43. The van der Waals surface area contributed by atoms with Crippen molar-refractivity contribution in [1.82, 2.24) is 4.90 Å². The van der Waals surface area contributed by atoms with Crippen LogP contribution in [0.25, 0.3) is 5.57 Å². The van der Waals surface area contributed by atoms with E-state index in [9.17, 15) is 9.59 Å². The topological polar surface area (TPSA) is 46.6 Å². The maximum absolute atomic E-state index is 13.3. The smallest absolute Gasteiger partial charge is 0.339 e. The van der Waals surface area contributed by atoms with E-state index in [0.717, 1.165) is 16.7 Å². The van der Waals surface area contributed by atoms with Gasteiger partial charge in [-0.05, 0) is 29.7 Å². The summed E-state index contributed by atoms with van der Waals surface area (Å²) < 4.78 is 5.91. The van der Waals surface area contributed by atoms with E-state index in [4.69, 9.17) is 4.74 Å². The molecule has 0 unspecified atom stereocenters. The molecule has 1 spiro atoms. The number of hydrogen-bond acceptors (Lipinski definition) is 3. The third-order valence-corrected chi connectivity index (χ3v) is 6.71. The zero-order valence-corrected chi connectivity index (χ0v) is 16.2. The lowest BCUT2D eigenvalue weighted by atomic mass is 9.76. The Bertz CT molecular complexity index is 1040. The van der Waals surface area contributed by atoms with Gasteiger partial charge in [0, 0.05) is 43.0 Å². The Morgan fingerprint density at radius 1 is 1.11 bits per heavy atom. The van der Waals surface area contributed by atoms with Gasteiger partial charge in [0.2, 0.25) is 5.91 Å². The van der Waals surface area contributed by atoms with Crippen molar-refractivity contribution in [3.8, 4) is 0 Å². The highest BCUT2D eigenvalue weighted by Crippen LogP contribution is 2.47. The van der Waals surface area contributed by atoms with Crippen LogP contribution >= 0.6 is 0 Å². The Morgan fingerprint density at radius 3 is 2.57 bits per heavy atom. The molecule has 28 heavy (non-hydrogen) atoms. The molecule has 1 aliphatic carbocycles. The molecule has 2 aromatic rings. The summed E-state index contributed by atoms with van der Waals surface area (Å²) in [6.07, 6.45) is 1.34. The van der Waals surface area contributed by atoms with Crippen LogP contribution in [0.1, 0.15) is 47.3 Å². The normalized spacial score (nSPS) is 25.7. The standard InChI is InChI=1S/C24H23NO3/c1-15-14-25(22(26)20-13-17-7-3-4-8-18(17)16(20)2)12-11-24(15)21-10-6-5-9-19(21)23(27)28-24/h3-10,15H,11-14H2,1-2H3/t15-,24+/m0/s1. The van der Waals surface area contributed by atoms with E-state index in [2.05, 4.69) is 19.1 Å². The molecule has 2 aliphatic heterocycles. The number of allylic oxidation sites excluding steroid dienone is 1. The minimum atomic E-state index is -0.605. The molecule has 4 nitrogen and oxygen atoms in total. The second kappa shape index (κ2) is 6.06. The lowest BCUT2D eigenvalue weighted by molar-refractivity contribution is -0.135. The molecule has 3 aliphatic rings. The number of carbonyl (C=O) groups excluding carboxylic acids is 2. The molecule has 4 heteroatoms. The van der Waals surface area contributed by atoms with Crippen LogP contribution in [0.2, 0.25) is 0 Å². The number of esters is 1. The first-order valence-electron chi connectivity index (χ1n) is 9.91. The Morgan fingerprint density at radius 2 is 1.82 bits per heavy atom. The van der Waals surface area contributed by atoms with Crippen LogP contribution < -0.4 is 0 Å². The molecule has 142 valence electrons. The van der Waals surface area contributed by atoms with Gasteiger partial charge >= 0.3 is 5.97 Å². The molecule has 0 bridgehead atoms. The highest BCUT2D eigenvalue weighted by molar-refractivity contribution is 6.04. The number of amides is 1. The van der Waals surface area contributed by atoms with Crippen LogP contribution in [-0.2, 0) is 21.6 Å². The molecule has 1 amide bonds. The van der Waals surface area contributed by atoms with Crippen LogP contribution in [0.15, 0.2) is 54.1 Å². The third kappa shape index (κ3) is 2.30. The molecule has 0 radical (unpaired) electrons. The Hall–Kier alpha value is -2.88. The van der Waals surface area contributed by atoms with Crippen molar-refractivity contribution >= 4 is 17.4 Å². The number of piperidine rings is 1. The number of benzene rings is 2. The first kappa shape index (κ1) is 17.2. The fourth-order valence-electron chi connectivity index (χ4n) is 5.11. The summed E-state index contributed by atoms with van der Waals surface area (Å²) in [6, 6.07) is 15.9. The van der Waals surface area contributed by atoms with Gasteiger partial charge in [-0.1, -0.05) is 49.4 Å². The second-order valence-corrected chi connectivity index (χ2v) is 8.16. The van der Waals surface area contributed by atoms with Crippen LogP contribution in [0.3, 0.4) is 0 Å². The van der Waals surface area contributed by atoms with E-state index < -0.39 is 5.60 Å². The van der Waals surface area contributed by atoms with Crippen molar-refractivity contribution in [2.75, 3.05) is 13.1 Å². The van der Waals surface area contributed by atoms with E-state index in [1.807, 2.05) is 48.2 Å². The van der Waals surface area contributed by atoms with E-state index in [-0.39, 0.29) is 17.8 Å². The Kier molecular flexibility index (Phi) is 3.73. The van der Waals surface area contributed by atoms with Gasteiger partial charge in [0.1, 0.15) is 5.60 Å². The molecule has 2 heterocycles. The maximum atomic E-state index is 13.3. The zero-order valence-electron chi connectivity index (χ0n) is 16.2. The van der Waals surface area contributed by atoms with E-state index in [0.29, 0.717) is 31.5 Å². The molecular weight excluding hydrogens is 350 g/mol. The van der Waals surface area contributed by atoms with Gasteiger partial charge in [-0.2, -0.15) is 0 Å². The van der Waals surface area contributed by atoms with Crippen molar-refractivity contribution in [3.05, 3.63) is 76.4 Å². The van der Waals surface area contributed by atoms with Gasteiger partial charge in [-0.3, -0.25) is 4.79 Å². The van der Waals surface area contributed by atoms with Crippen molar-refractivity contribution in [1.29, 1.82) is 0 Å². The molecule has 0 N–H and O–H groups in total. The summed E-state index contributed by atoms with van der Waals surface area (Å²) in [5.74, 6) is -0.0810. The Balaban J connectivity index is 1.40. The maximum Gasteiger partial charge on any atom is 0.339 e. The lowest BCUT2D eigenvalue weighted by Gasteiger charge is -2.43. The summed E-state index contributed by atoms with van der Waals surface area (Å²) in [5, 5.41) is 0. The highest BCUT2D eigenvalue weighted by Gasteiger charge is 2.52. The van der Waals surface area contributed by atoms with Crippen LogP contribution in [-0.4, -0.2) is 29.9 Å². The van der Waals surface area contributed by atoms with Crippen molar-refractivity contribution < 1.29 is 14.3 Å². The van der Waals surface area contributed by atoms with Gasteiger partial charge < -0.3 is 9.64 Å². The first-order valence-corrected chi connectivity index (χ1v) is 9.91. The molecule has 5 rings (SSSR count). The number of rotatable bonds is 1. The van der Waals surface area contributed by atoms with Gasteiger partial charge in [0.25, 0.3) is 0 Å². The third-order valence-electron chi connectivity index (χ3n) is 6.71. The predicted octanol–water partition coefficient (Wildman–Crippen LogP) is 3.95. The SMILES string of the molecule is CC1=C(C(=O)N2CC[C@@]3(OC(=O)c4ccccc43)[C@@H](C)C2)Cc2ccccc21. The minimum Gasteiger partial charge on any atom is -0.450 e. The number of nitrogens with zero attached hydrogens (tertiary/aromatic N) is 1. The number of carbonyl (C=O) groups is 2. The van der Waals surface area contributed by atoms with Gasteiger partial charge in [-0.15, -0.1) is 0 Å². The average molecular weight is 373 g/mol. The number of hydrogen-bond donors (Lipinski definition) is 0. The summed E-state index contributed by atoms with van der Waals surface area (Å²) in [4.78, 5) is 27.6. The van der Waals surface area contributed by atoms with Gasteiger partial charge in [-0.25, -0.2) is 4.79 Å². The monoisotopic (exact) mass is 373 g/mol. The van der Waals surface area contributed by atoms with Crippen molar-refractivity contribution in [2.24, 2.45) is 5.92 Å². The van der Waals surface area contributed by atoms with E-state index >= 15 is 0 Å². The predicted molar refractivity (Wildman–Crippen MR) is 107 cm³/mol. The molecular formula is C24H23NO3. The van der Waals surface area contributed by atoms with E-state index in [1.54, 1.807) is 0 Å². The fraction of sp³-hybridized carbons (Fsp3) is 0.333. The first-order chi connectivity index (χ1) is 13.5. The molecule has 0 saturated carbocycles. The van der Waals surface area contributed by atoms with Crippen molar-refractivity contribution in [3.63, 3.8) is 0 Å². The molecule has 2 aromatic carbocycles.